The van der Waals surface area contributed by atoms with Crippen molar-refractivity contribution >= 4 is 19.8 Å². The predicted molar refractivity (Wildman–Crippen MR) is 59.9 cm³/mol. The third-order valence-electron chi connectivity index (χ3n) is 3.84. The molecule has 0 radical (unpaired) electrons. The average molecular weight is 212 g/mol. The van der Waals surface area contributed by atoms with Gasteiger partial charge in [-0.1, -0.05) is 33.9 Å². The fourth-order valence-corrected chi connectivity index (χ4v) is 3.50. The molecule has 0 saturated heterocycles. The molecule has 1 aliphatic carbocycles. The van der Waals surface area contributed by atoms with E-state index in [-0.39, 0.29) is 16.9 Å². The zero-order chi connectivity index (χ0) is 11.1. The van der Waals surface area contributed by atoms with E-state index in [1.807, 2.05) is 0 Å². The van der Waals surface area contributed by atoms with Gasteiger partial charge in [-0.15, -0.1) is 0 Å². The first-order valence-electron chi connectivity index (χ1n) is 5.21. The van der Waals surface area contributed by atoms with Crippen LogP contribution in [0, 0.1) is 11.8 Å². The second-order valence-corrected chi connectivity index (χ2v) is 11.1. The maximum absolute atomic E-state index is 12.1. The van der Waals surface area contributed by atoms with Crippen molar-refractivity contribution in [2.24, 2.45) is 11.8 Å². The second-order valence-electron chi connectivity index (χ2n) is 5.88. The van der Waals surface area contributed by atoms with Crippen LogP contribution in [0.15, 0.2) is 0 Å². The normalized spacial score (nSPS) is 27.2. The first-order chi connectivity index (χ1) is 6.21. The van der Waals surface area contributed by atoms with Gasteiger partial charge in [-0.25, -0.2) is 0 Å². The van der Waals surface area contributed by atoms with Gasteiger partial charge < -0.3 is 9.59 Å². The topological polar surface area (TPSA) is 34.1 Å². The molecule has 0 bridgehead atoms. The molecule has 1 fully saturated rings. The van der Waals surface area contributed by atoms with Crippen LogP contribution in [0.3, 0.4) is 0 Å². The predicted octanol–water partition coefficient (Wildman–Crippen LogP) is 2.44. The summed E-state index contributed by atoms with van der Waals surface area (Å²) in [5.74, 6) is 0.102. The monoisotopic (exact) mass is 212 g/mol. The molecule has 0 aromatic heterocycles. The maximum atomic E-state index is 12.1. The van der Waals surface area contributed by atoms with Crippen LogP contribution in [-0.2, 0) is 9.59 Å². The third-order valence-corrected chi connectivity index (χ3v) is 9.20. The largest absolute Gasteiger partial charge is 0.305 e. The Bertz CT molecular complexity index is 263. The SMILES string of the molecule is CC(C)(C)[Si](C)(C)C(=O)[C@@H]1C[C@H]1C=O. The maximum Gasteiger partial charge on any atom is 0.132 e. The molecule has 0 aromatic carbocycles. The van der Waals surface area contributed by atoms with Crippen LogP contribution in [-0.4, -0.2) is 19.8 Å². The highest BCUT2D eigenvalue weighted by Gasteiger charge is 2.52. The van der Waals surface area contributed by atoms with Gasteiger partial charge in [-0.3, -0.25) is 0 Å². The van der Waals surface area contributed by atoms with E-state index < -0.39 is 8.07 Å². The number of rotatable bonds is 3. The van der Waals surface area contributed by atoms with Crippen molar-refractivity contribution in [1.29, 1.82) is 0 Å². The lowest BCUT2D eigenvalue weighted by atomic mass is 10.2. The van der Waals surface area contributed by atoms with E-state index in [1.54, 1.807) is 0 Å². The summed E-state index contributed by atoms with van der Waals surface area (Å²) >= 11 is 0. The molecule has 0 amide bonds. The lowest BCUT2D eigenvalue weighted by Crippen LogP contribution is -2.47. The second kappa shape index (κ2) is 3.30. The van der Waals surface area contributed by atoms with Crippen molar-refractivity contribution in [2.75, 3.05) is 0 Å². The summed E-state index contributed by atoms with van der Waals surface area (Å²) in [5.41, 5.74) is 0. The van der Waals surface area contributed by atoms with Gasteiger partial charge in [0.1, 0.15) is 19.8 Å². The molecule has 0 aromatic rings. The van der Waals surface area contributed by atoms with Crippen LogP contribution >= 0.6 is 0 Å². The molecule has 0 N–H and O–H groups in total. The van der Waals surface area contributed by atoms with Crippen LogP contribution < -0.4 is 0 Å². The standard InChI is InChI=1S/C11H20O2Si/c1-11(2,3)14(4,5)10(13)9-6-8(9)7-12/h7-9H,6H2,1-5H3/t8-,9+/m0/s1. The number of hydrogen-bond acceptors (Lipinski definition) is 2. The molecule has 3 heteroatoms. The summed E-state index contributed by atoms with van der Waals surface area (Å²) in [7, 11) is -1.86. The Labute approximate surface area is 87.1 Å². The lowest BCUT2D eigenvalue weighted by Gasteiger charge is -2.35. The Balaban J connectivity index is 2.75. The third kappa shape index (κ3) is 1.83. The summed E-state index contributed by atoms with van der Waals surface area (Å²) in [6.45, 7) is 10.6. The minimum atomic E-state index is -1.86. The fourth-order valence-electron chi connectivity index (χ4n) is 1.50. The summed E-state index contributed by atoms with van der Waals surface area (Å²) in [6, 6.07) is 0. The Hall–Kier alpha value is -0.443. The van der Waals surface area contributed by atoms with Gasteiger partial charge in [-0.05, 0) is 11.5 Å². The molecule has 0 aliphatic heterocycles. The molecular formula is C11H20O2Si. The van der Waals surface area contributed by atoms with Crippen LogP contribution in [0.5, 0.6) is 0 Å². The van der Waals surface area contributed by atoms with Gasteiger partial charge in [0, 0.05) is 11.8 Å². The van der Waals surface area contributed by atoms with E-state index in [9.17, 15) is 9.59 Å². The van der Waals surface area contributed by atoms with Crippen molar-refractivity contribution in [1.82, 2.24) is 0 Å². The zero-order valence-electron chi connectivity index (χ0n) is 9.76. The first kappa shape index (κ1) is 11.6. The van der Waals surface area contributed by atoms with Gasteiger partial charge in [0.05, 0.1) is 0 Å². The van der Waals surface area contributed by atoms with Gasteiger partial charge in [-0.2, -0.15) is 0 Å². The van der Waals surface area contributed by atoms with E-state index in [0.29, 0.717) is 5.41 Å². The smallest absolute Gasteiger partial charge is 0.132 e. The molecule has 1 rings (SSSR count). The number of carbonyl (C=O) groups is 2. The minimum Gasteiger partial charge on any atom is -0.305 e. The average Bonchev–Trinajstić information content (AvgIpc) is 2.79. The number of aldehydes is 1. The van der Waals surface area contributed by atoms with Gasteiger partial charge in [0.15, 0.2) is 0 Å². The van der Waals surface area contributed by atoms with E-state index in [0.717, 1.165) is 12.7 Å². The molecule has 0 spiro atoms. The molecular weight excluding hydrogens is 192 g/mol. The molecule has 1 aliphatic rings. The Morgan fingerprint density at radius 1 is 1.36 bits per heavy atom. The quantitative estimate of drug-likeness (QED) is 0.532. The van der Waals surface area contributed by atoms with E-state index in [2.05, 4.69) is 33.9 Å². The Morgan fingerprint density at radius 2 is 1.86 bits per heavy atom. The van der Waals surface area contributed by atoms with E-state index in [4.69, 9.17) is 0 Å². The molecule has 1 saturated carbocycles. The summed E-state index contributed by atoms with van der Waals surface area (Å²) in [5, 5.41) is 0.488. The van der Waals surface area contributed by atoms with Gasteiger partial charge in [0.2, 0.25) is 0 Å². The zero-order valence-corrected chi connectivity index (χ0v) is 10.8. The highest BCUT2D eigenvalue weighted by atomic mass is 28.3. The molecule has 14 heavy (non-hydrogen) atoms. The first-order valence-corrected chi connectivity index (χ1v) is 8.21. The number of carbonyl (C=O) groups excluding carboxylic acids is 2. The van der Waals surface area contributed by atoms with E-state index >= 15 is 0 Å². The molecule has 2 nitrogen and oxygen atoms in total. The van der Waals surface area contributed by atoms with Crippen molar-refractivity contribution in [2.45, 2.75) is 45.3 Å². The van der Waals surface area contributed by atoms with Crippen molar-refractivity contribution in [3.05, 3.63) is 0 Å². The van der Waals surface area contributed by atoms with Crippen LogP contribution in [0.1, 0.15) is 27.2 Å². The fraction of sp³-hybridized carbons (Fsp3) is 0.818. The summed E-state index contributed by atoms with van der Waals surface area (Å²) < 4.78 is 0. The van der Waals surface area contributed by atoms with Crippen molar-refractivity contribution < 1.29 is 9.59 Å². The van der Waals surface area contributed by atoms with Crippen LogP contribution in [0.25, 0.3) is 0 Å². The molecule has 0 heterocycles. The molecule has 2 atom stereocenters. The van der Waals surface area contributed by atoms with Crippen LogP contribution in [0.2, 0.25) is 18.1 Å². The molecule has 0 unspecified atom stereocenters. The van der Waals surface area contributed by atoms with Crippen molar-refractivity contribution in [3.63, 3.8) is 0 Å². The van der Waals surface area contributed by atoms with Gasteiger partial charge >= 0.3 is 0 Å². The highest BCUT2D eigenvalue weighted by Crippen LogP contribution is 2.45. The Kier molecular flexibility index (Phi) is 2.74. The Morgan fingerprint density at radius 3 is 2.14 bits per heavy atom. The summed E-state index contributed by atoms with van der Waals surface area (Å²) in [4.78, 5) is 22.7. The van der Waals surface area contributed by atoms with Gasteiger partial charge in [0.25, 0.3) is 0 Å². The van der Waals surface area contributed by atoms with E-state index in [1.165, 1.54) is 0 Å². The highest BCUT2D eigenvalue weighted by molar-refractivity contribution is 7.06. The van der Waals surface area contributed by atoms with Crippen molar-refractivity contribution in [3.8, 4) is 0 Å². The summed E-state index contributed by atoms with van der Waals surface area (Å²) in [6.07, 6.45) is 1.74. The lowest BCUT2D eigenvalue weighted by molar-refractivity contribution is -0.116. The molecule has 80 valence electrons. The number of hydrogen-bond donors (Lipinski definition) is 0. The van der Waals surface area contributed by atoms with Crippen LogP contribution in [0.4, 0.5) is 0 Å². The minimum absolute atomic E-state index is 0.0385.